The molecule has 2 aliphatic rings. The largest absolute Gasteiger partial charge is 0.342 e. The van der Waals surface area contributed by atoms with Crippen molar-refractivity contribution in [1.82, 2.24) is 9.80 Å². The smallest absolute Gasteiger partial charge is 0.228 e. The van der Waals surface area contributed by atoms with Gasteiger partial charge in [-0.05, 0) is 30.5 Å². The number of rotatable bonds is 3. The molecule has 0 aliphatic carbocycles. The Balaban J connectivity index is 1.60. The molecule has 2 N–H and O–H groups in total. The lowest BCUT2D eigenvalue weighted by molar-refractivity contribution is -0.134. The van der Waals surface area contributed by atoms with Gasteiger partial charge in [0.05, 0.1) is 17.6 Å². The summed E-state index contributed by atoms with van der Waals surface area (Å²) in [6.45, 7) is 4.04. The Labute approximate surface area is 131 Å². The van der Waals surface area contributed by atoms with E-state index in [1.54, 1.807) is 0 Å². The second-order valence-corrected chi connectivity index (χ2v) is 6.31. The summed E-state index contributed by atoms with van der Waals surface area (Å²) in [6.07, 6.45) is 2.23. The molecule has 2 fully saturated rings. The zero-order valence-corrected chi connectivity index (χ0v) is 12.7. The highest BCUT2D eigenvalue weighted by molar-refractivity contribution is 5.80. The average molecular weight is 298 g/mol. The van der Waals surface area contributed by atoms with Crippen LogP contribution in [-0.4, -0.2) is 47.9 Å². The fourth-order valence-electron chi connectivity index (χ4n) is 3.42. The standard InChI is InChI=1S/C17H22N4O/c18-9-13-3-5-14(6-4-13)10-20-11-15(16(19)12-20)17(22)21-7-1-2-8-21/h3-6,15-16H,1-2,7-8,10-12,19H2/t15-,16+/m1/s1. The predicted molar refractivity (Wildman–Crippen MR) is 83.7 cm³/mol. The highest BCUT2D eigenvalue weighted by Gasteiger charge is 2.37. The summed E-state index contributed by atoms with van der Waals surface area (Å²) < 4.78 is 0. The first-order chi connectivity index (χ1) is 10.7. The summed E-state index contributed by atoms with van der Waals surface area (Å²) >= 11 is 0. The van der Waals surface area contributed by atoms with E-state index in [2.05, 4.69) is 11.0 Å². The molecule has 3 rings (SSSR count). The number of carbonyl (C=O) groups is 1. The monoisotopic (exact) mass is 298 g/mol. The molecule has 5 heteroatoms. The number of amides is 1. The Morgan fingerprint density at radius 2 is 1.91 bits per heavy atom. The lowest BCUT2D eigenvalue weighted by Crippen LogP contribution is -2.42. The van der Waals surface area contributed by atoms with Crippen LogP contribution in [0.4, 0.5) is 0 Å². The number of nitrogens with zero attached hydrogens (tertiary/aromatic N) is 3. The highest BCUT2D eigenvalue weighted by atomic mass is 16.2. The van der Waals surface area contributed by atoms with Gasteiger partial charge in [0.25, 0.3) is 0 Å². The third kappa shape index (κ3) is 3.13. The van der Waals surface area contributed by atoms with E-state index in [0.29, 0.717) is 5.56 Å². The molecule has 0 unspecified atom stereocenters. The number of nitriles is 1. The van der Waals surface area contributed by atoms with Crippen LogP contribution >= 0.6 is 0 Å². The summed E-state index contributed by atoms with van der Waals surface area (Å²) in [5.74, 6) is 0.156. The quantitative estimate of drug-likeness (QED) is 0.901. The number of benzene rings is 1. The zero-order chi connectivity index (χ0) is 15.5. The lowest BCUT2D eigenvalue weighted by Gasteiger charge is -2.22. The summed E-state index contributed by atoms with van der Waals surface area (Å²) in [7, 11) is 0. The van der Waals surface area contributed by atoms with Crippen molar-refractivity contribution in [2.75, 3.05) is 26.2 Å². The molecule has 2 aliphatic heterocycles. The van der Waals surface area contributed by atoms with Crippen LogP contribution in [0.3, 0.4) is 0 Å². The van der Waals surface area contributed by atoms with Crippen LogP contribution < -0.4 is 5.73 Å². The molecule has 5 nitrogen and oxygen atoms in total. The Bertz CT molecular complexity index is 571. The fourth-order valence-corrected chi connectivity index (χ4v) is 3.42. The van der Waals surface area contributed by atoms with E-state index in [1.165, 1.54) is 0 Å². The van der Waals surface area contributed by atoms with E-state index in [0.717, 1.165) is 51.1 Å². The Hall–Kier alpha value is -1.90. The van der Waals surface area contributed by atoms with E-state index >= 15 is 0 Å². The number of nitrogens with two attached hydrogens (primary N) is 1. The Kier molecular flexibility index (Phi) is 4.41. The third-order valence-corrected chi connectivity index (χ3v) is 4.66. The van der Waals surface area contributed by atoms with E-state index in [9.17, 15) is 4.79 Å². The van der Waals surface area contributed by atoms with Gasteiger partial charge in [-0.1, -0.05) is 12.1 Å². The fraction of sp³-hybridized carbons (Fsp3) is 0.529. The molecule has 22 heavy (non-hydrogen) atoms. The van der Waals surface area contributed by atoms with Crippen molar-refractivity contribution in [2.45, 2.75) is 25.4 Å². The molecule has 0 saturated carbocycles. The van der Waals surface area contributed by atoms with Crippen LogP contribution in [0.25, 0.3) is 0 Å². The first kappa shape index (κ1) is 15.0. The average Bonchev–Trinajstić information content (AvgIpc) is 3.17. The molecule has 1 aromatic carbocycles. The van der Waals surface area contributed by atoms with Crippen molar-refractivity contribution in [2.24, 2.45) is 11.7 Å². The molecule has 0 aromatic heterocycles. The van der Waals surface area contributed by atoms with Crippen LogP contribution in [-0.2, 0) is 11.3 Å². The molecule has 1 aromatic rings. The molecule has 2 heterocycles. The summed E-state index contributed by atoms with van der Waals surface area (Å²) in [5.41, 5.74) is 8.03. The maximum Gasteiger partial charge on any atom is 0.228 e. The predicted octanol–water partition coefficient (Wildman–Crippen LogP) is 0.940. The summed E-state index contributed by atoms with van der Waals surface area (Å²) in [4.78, 5) is 16.7. The van der Waals surface area contributed by atoms with E-state index in [-0.39, 0.29) is 17.9 Å². The minimum absolute atomic E-state index is 0.0727. The van der Waals surface area contributed by atoms with Gasteiger partial charge < -0.3 is 10.6 Å². The number of likely N-dealkylation sites (tertiary alicyclic amines) is 2. The zero-order valence-electron chi connectivity index (χ0n) is 12.7. The van der Waals surface area contributed by atoms with Crippen molar-refractivity contribution >= 4 is 5.91 Å². The maximum absolute atomic E-state index is 12.5. The molecule has 2 atom stereocenters. The number of carbonyl (C=O) groups excluding carboxylic acids is 1. The first-order valence-corrected chi connectivity index (χ1v) is 7.93. The van der Waals surface area contributed by atoms with Crippen LogP contribution in [0.5, 0.6) is 0 Å². The van der Waals surface area contributed by atoms with E-state index < -0.39 is 0 Å². The number of hydrogen-bond donors (Lipinski definition) is 1. The second-order valence-electron chi connectivity index (χ2n) is 6.31. The van der Waals surface area contributed by atoms with Gasteiger partial charge in [0.1, 0.15) is 0 Å². The third-order valence-electron chi connectivity index (χ3n) is 4.66. The van der Waals surface area contributed by atoms with Crippen LogP contribution in [0.1, 0.15) is 24.0 Å². The molecular weight excluding hydrogens is 276 g/mol. The van der Waals surface area contributed by atoms with Gasteiger partial charge in [0.15, 0.2) is 0 Å². The van der Waals surface area contributed by atoms with Gasteiger partial charge in [-0.3, -0.25) is 9.69 Å². The van der Waals surface area contributed by atoms with Gasteiger partial charge in [0.2, 0.25) is 5.91 Å². The van der Waals surface area contributed by atoms with Gasteiger partial charge in [0, 0.05) is 38.8 Å². The molecule has 0 spiro atoms. The molecule has 0 bridgehead atoms. The minimum atomic E-state index is -0.0773. The molecular formula is C17H22N4O. The normalized spacial score (nSPS) is 25.4. The maximum atomic E-state index is 12.5. The van der Waals surface area contributed by atoms with Crippen LogP contribution in [0.2, 0.25) is 0 Å². The topological polar surface area (TPSA) is 73.4 Å². The van der Waals surface area contributed by atoms with Gasteiger partial charge in [-0.15, -0.1) is 0 Å². The van der Waals surface area contributed by atoms with Crippen molar-refractivity contribution in [3.05, 3.63) is 35.4 Å². The highest BCUT2D eigenvalue weighted by Crippen LogP contribution is 2.22. The summed E-state index contributed by atoms with van der Waals surface area (Å²) in [6, 6.07) is 9.65. The number of hydrogen-bond acceptors (Lipinski definition) is 4. The summed E-state index contributed by atoms with van der Waals surface area (Å²) in [5, 5.41) is 8.83. The van der Waals surface area contributed by atoms with Gasteiger partial charge in [-0.2, -0.15) is 5.26 Å². The first-order valence-electron chi connectivity index (χ1n) is 7.93. The van der Waals surface area contributed by atoms with Crippen molar-refractivity contribution in [3.8, 4) is 6.07 Å². The Morgan fingerprint density at radius 1 is 1.23 bits per heavy atom. The SMILES string of the molecule is N#Cc1ccc(CN2C[C@H](N)[C@H](C(=O)N3CCCC3)C2)cc1. The van der Waals surface area contributed by atoms with Crippen molar-refractivity contribution in [1.29, 1.82) is 5.26 Å². The Morgan fingerprint density at radius 3 is 2.55 bits per heavy atom. The van der Waals surface area contributed by atoms with E-state index in [4.69, 9.17) is 11.0 Å². The minimum Gasteiger partial charge on any atom is -0.342 e. The molecule has 116 valence electrons. The molecule has 2 saturated heterocycles. The lowest BCUT2D eigenvalue weighted by atomic mass is 10.0. The van der Waals surface area contributed by atoms with Crippen LogP contribution in [0, 0.1) is 17.2 Å². The van der Waals surface area contributed by atoms with Gasteiger partial charge >= 0.3 is 0 Å². The molecule has 1 amide bonds. The molecule has 0 radical (unpaired) electrons. The second kappa shape index (κ2) is 6.47. The van der Waals surface area contributed by atoms with E-state index in [1.807, 2.05) is 29.2 Å². The van der Waals surface area contributed by atoms with Crippen molar-refractivity contribution in [3.63, 3.8) is 0 Å². The van der Waals surface area contributed by atoms with Gasteiger partial charge in [-0.25, -0.2) is 0 Å². The van der Waals surface area contributed by atoms with Crippen molar-refractivity contribution < 1.29 is 4.79 Å². The van der Waals surface area contributed by atoms with Crippen LogP contribution in [0.15, 0.2) is 24.3 Å².